The fourth-order valence-corrected chi connectivity index (χ4v) is 4.74. The Morgan fingerprint density at radius 1 is 1.36 bits per heavy atom. The fraction of sp³-hybridized carbons (Fsp3) is 0.857. The van der Waals surface area contributed by atoms with Gasteiger partial charge in [0.2, 0.25) is 15.9 Å². The summed E-state index contributed by atoms with van der Waals surface area (Å²) in [5.74, 6) is 1.94. The van der Waals surface area contributed by atoms with Gasteiger partial charge < -0.3 is 4.52 Å². The maximum Gasteiger partial charge on any atom is 0.240 e. The SMILES string of the molecule is Cc1noc(CN2C[C@H](NS(=O)(=O)C3CC3)[C@@H](C(C)C)C2)n1. The van der Waals surface area contributed by atoms with E-state index >= 15 is 0 Å². The van der Waals surface area contributed by atoms with Crippen LogP contribution in [0.1, 0.15) is 38.4 Å². The first-order chi connectivity index (χ1) is 10.3. The number of hydrogen-bond acceptors (Lipinski definition) is 6. The molecule has 22 heavy (non-hydrogen) atoms. The van der Waals surface area contributed by atoms with Crippen molar-refractivity contribution >= 4 is 10.0 Å². The van der Waals surface area contributed by atoms with Crippen LogP contribution in [-0.4, -0.2) is 47.8 Å². The van der Waals surface area contributed by atoms with E-state index in [1.54, 1.807) is 6.92 Å². The average Bonchev–Trinajstić information content (AvgIpc) is 3.11. The second-order valence-electron chi connectivity index (χ2n) is 6.81. The normalized spacial score (nSPS) is 26.9. The minimum Gasteiger partial charge on any atom is -0.338 e. The molecule has 1 aromatic heterocycles. The molecule has 3 rings (SSSR count). The summed E-state index contributed by atoms with van der Waals surface area (Å²) in [7, 11) is -3.16. The van der Waals surface area contributed by atoms with Gasteiger partial charge in [0, 0.05) is 19.1 Å². The van der Waals surface area contributed by atoms with E-state index < -0.39 is 10.0 Å². The molecule has 0 bridgehead atoms. The predicted octanol–water partition coefficient (Wildman–Crippen LogP) is 0.916. The van der Waals surface area contributed by atoms with Gasteiger partial charge in [0.25, 0.3) is 0 Å². The Morgan fingerprint density at radius 3 is 2.64 bits per heavy atom. The summed E-state index contributed by atoms with van der Waals surface area (Å²) in [5, 5.41) is 3.63. The van der Waals surface area contributed by atoms with Gasteiger partial charge in [-0.1, -0.05) is 19.0 Å². The second kappa shape index (κ2) is 5.90. The molecule has 1 saturated carbocycles. The highest BCUT2D eigenvalue weighted by atomic mass is 32.2. The molecular formula is C14H24N4O3S. The Labute approximate surface area is 131 Å². The van der Waals surface area contributed by atoms with Gasteiger partial charge in [-0.3, -0.25) is 4.90 Å². The van der Waals surface area contributed by atoms with Crippen LogP contribution < -0.4 is 4.72 Å². The van der Waals surface area contributed by atoms with E-state index in [0.29, 0.717) is 36.6 Å². The molecule has 1 N–H and O–H groups in total. The van der Waals surface area contributed by atoms with Crippen molar-refractivity contribution < 1.29 is 12.9 Å². The zero-order valence-corrected chi connectivity index (χ0v) is 14.1. The lowest BCUT2D eigenvalue weighted by molar-refractivity contribution is 0.251. The van der Waals surface area contributed by atoms with E-state index in [2.05, 4.69) is 33.6 Å². The first kappa shape index (κ1) is 15.9. The molecule has 0 amide bonds. The summed E-state index contributed by atoms with van der Waals surface area (Å²) < 4.78 is 32.5. The lowest BCUT2D eigenvalue weighted by Crippen LogP contribution is -2.43. The molecular weight excluding hydrogens is 304 g/mol. The number of rotatable bonds is 6. The van der Waals surface area contributed by atoms with Gasteiger partial charge in [-0.25, -0.2) is 13.1 Å². The Bertz CT molecular complexity index is 624. The van der Waals surface area contributed by atoms with Crippen LogP contribution in [0, 0.1) is 18.8 Å². The summed E-state index contributed by atoms with van der Waals surface area (Å²) in [6, 6.07) is -0.0328. The number of nitrogens with zero attached hydrogens (tertiary/aromatic N) is 3. The van der Waals surface area contributed by atoms with Crippen LogP contribution in [0.3, 0.4) is 0 Å². The zero-order chi connectivity index (χ0) is 15.9. The largest absolute Gasteiger partial charge is 0.338 e. The third-order valence-electron chi connectivity index (χ3n) is 4.50. The van der Waals surface area contributed by atoms with Crippen LogP contribution in [-0.2, 0) is 16.6 Å². The maximum atomic E-state index is 12.2. The highest BCUT2D eigenvalue weighted by molar-refractivity contribution is 7.90. The first-order valence-corrected chi connectivity index (χ1v) is 9.42. The number of hydrogen-bond donors (Lipinski definition) is 1. The van der Waals surface area contributed by atoms with Gasteiger partial charge in [0.05, 0.1) is 11.8 Å². The van der Waals surface area contributed by atoms with Crippen LogP contribution >= 0.6 is 0 Å². The number of nitrogens with one attached hydrogen (secondary N) is 1. The van der Waals surface area contributed by atoms with Crippen molar-refractivity contribution in [2.75, 3.05) is 13.1 Å². The Kier molecular flexibility index (Phi) is 4.26. The highest BCUT2D eigenvalue weighted by Crippen LogP contribution is 2.31. The van der Waals surface area contributed by atoms with Crippen molar-refractivity contribution in [3.8, 4) is 0 Å². The van der Waals surface area contributed by atoms with Gasteiger partial charge in [-0.15, -0.1) is 0 Å². The molecule has 2 fully saturated rings. The van der Waals surface area contributed by atoms with Gasteiger partial charge in [-0.2, -0.15) is 4.98 Å². The minimum absolute atomic E-state index is 0.0328. The van der Waals surface area contributed by atoms with Crippen LogP contribution in [0.15, 0.2) is 4.52 Å². The summed E-state index contributed by atoms with van der Waals surface area (Å²) >= 11 is 0. The van der Waals surface area contributed by atoms with Crippen molar-refractivity contribution in [3.05, 3.63) is 11.7 Å². The maximum absolute atomic E-state index is 12.2. The molecule has 0 spiro atoms. The van der Waals surface area contributed by atoms with E-state index in [1.807, 2.05) is 0 Å². The average molecular weight is 328 g/mol. The molecule has 0 unspecified atom stereocenters. The molecule has 8 heteroatoms. The standard InChI is InChI=1S/C14H24N4O3S/c1-9(2)12-6-18(8-14-15-10(3)16-21-14)7-13(12)17-22(19,20)11-4-5-11/h9,11-13,17H,4-8H2,1-3H3/t12-,13+/m1/s1. The van der Waals surface area contributed by atoms with E-state index in [0.717, 1.165) is 19.4 Å². The lowest BCUT2D eigenvalue weighted by atomic mass is 9.92. The Morgan fingerprint density at radius 2 is 2.09 bits per heavy atom. The van der Waals surface area contributed by atoms with Crippen molar-refractivity contribution in [1.29, 1.82) is 0 Å². The number of likely N-dealkylation sites (tertiary alicyclic amines) is 1. The van der Waals surface area contributed by atoms with E-state index in [9.17, 15) is 8.42 Å². The minimum atomic E-state index is -3.16. The third kappa shape index (κ3) is 3.49. The van der Waals surface area contributed by atoms with Gasteiger partial charge in [-0.05, 0) is 31.6 Å². The molecule has 124 valence electrons. The molecule has 1 aromatic rings. The monoisotopic (exact) mass is 328 g/mol. The summed E-state index contributed by atoms with van der Waals surface area (Å²) in [6.07, 6.45) is 1.58. The molecule has 7 nitrogen and oxygen atoms in total. The number of aryl methyl sites for hydroxylation is 1. The Hall–Kier alpha value is -0.990. The summed E-state index contributed by atoms with van der Waals surface area (Å²) in [5.41, 5.74) is 0. The third-order valence-corrected chi connectivity index (χ3v) is 6.48. The van der Waals surface area contributed by atoms with E-state index in [4.69, 9.17) is 4.52 Å². The van der Waals surface area contributed by atoms with Crippen molar-refractivity contribution in [2.45, 2.75) is 51.4 Å². The quantitative estimate of drug-likeness (QED) is 0.835. The van der Waals surface area contributed by atoms with Crippen LogP contribution in [0.5, 0.6) is 0 Å². The zero-order valence-electron chi connectivity index (χ0n) is 13.3. The first-order valence-electron chi connectivity index (χ1n) is 7.88. The molecule has 2 heterocycles. The van der Waals surface area contributed by atoms with Gasteiger partial charge in [0.1, 0.15) is 0 Å². The molecule has 2 atom stereocenters. The topological polar surface area (TPSA) is 88.3 Å². The van der Waals surface area contributed by atoms with Crippen molar-refractivity contribution in [1.82, 2.24) is 19.8 Å². The molecule has 0 radical (unpaired) electrons. The molecule has 1 aliphatic heterocycles. The lowest BCUT2D eigenvalue weighted by Gasteiger charge is -2.22. The van der Waals surface area contributed by atoms with Gasteiger partial charge in [0.15, 0.2) is 5.82 Å². The predicted molar refractivity (Wildman–Crippen MR) is 81.5 cm³/mol. The van der Waals surface area contributed by atoms with Crippen LogP contribution in [0.2, 0.25) is 0 Å². The Balaban J connectivity index is 1.66. The van der Waals surface area contributed by atoms with Crippen molar-refractivity contribution in [2.24, 2.45) is 11.8 Å². The number of aromatic nitrogens is 2. The fourth-order valence-electron chi connectivity index (χ4n) is 3.12. The van der Waals surface area contributed by atoms with E-state index in [1.165, 1.54) is 0 Å². The number of sulfonamides is 1. The molecule has 0 aromatic carbocycles. The molecule has 1 saturated heterocycles. The molecule has 2 aliphatic rings. The smallest absolute Gasteiger partial charge is 0.240 e. The highest BCUT2D eigenvalue weighted by Gasteiger charge is 2.42. The molecule has 1 aliphatic carbocycles. The second-order valence-corrected chi connectivity index (χ2v) is 8.80. The van der Waals surface area contributed by atoms with Gasteiger partial charge >= 0.3 is 0 Å². The van der Waals surface area contributed by atoms with Crippen LogP contribution in [0.4, 0.5) is 0 Å². The summed E-state index contributed by atoms with van der Waals surface area (Å²) in [6.45, 7) is 8.19. The summed E-state index contributed by atoms with van der Waals surface area (Å²) in [4.78, 5) is 6.42. The van der Waals surface area contributed by atoms with Crippen LogP contribution in [0.25, 0.3) is 0 Å². The van der Waals surface area contributed by atoms with E-state index in [-0.39, 0.29) is 11.3 Å². The van der Waals surface area contributed by atoms with Crippen molar-refractivity contribution in [3.63, 3.8) is 0 Å².